The predicted octanol–water partition coefficient (Wildman–Crippen LogP) is 2.69. The monoisotopic (exact) mass is 210 g/mol. The molecule has 1 aromatic carbocycles. The minimum atomic E-state index is -0.268. The first-order valence-corrected chi connectivity index (χ1v) is 5.27. The average molecular weight is 210 g/mol. The van der Waals surface area contributed by atoms with Crippen molar-refractivity contribution in [2.45, 2.75) is 25.9 Å². The lowest BCUT2D eigenvalue weighted by atomic mass is 10.2. The van der Waals surface area contributed by atoms with Gasteiger partial charge in [0.2, 0.25) is 0 Å². The van der Waals surface area contributed by atoms with E-state index in [0.29, 0.717) is 17.9 Å². The Hall–Kier alpha value is -1.09. The summed E-state index contributed by atoms with van der Waals surface area (Å²) in [4.78, 5) is 0. The van der Waals surface area contributed by atoms with Crippen molar-refractivity contribution in [2.75, 3.05) is 13.2 Å². The Bertz CT molecular complexity index is 332. The van der Waals surface area contributed by atoms with Gasteiger partial charge in [-0.05, 0) is 31.4 Å². The van der Waals surface area contributed by atoms with E-state index < -0.39 is 0 Å². The number of ether oxygens (including phenoxy) is 2. The molecule has 1 aliphatic heterocycles. The summed E-state index contributed by atoms with van der Waals surface area (Å²) in [5, 5.41) is 0. The molecule has 1 aliphatic rings. The van der Waals surface area contributed by atoms with Crippen LogP contribution in [-0.2, 0) is 4.74 Å². The predicted molar refractivity (Wildman–Crippen MR) is 55.6 cm³/mol. The summed E-state index contributed by atoms with van der Waals surface area (Å²) in [5.74, 6) is 0.0565. The van der Waals surface area contributed by atoms with E-state index in [9.17, 15) is 4.39 Å². The van der Waals surface area contributed by atoms with Gasteiger partial charge in [0, 0.05) is 6.61 Å². The normalized spacial score (nSPS) is 20.5. The van der Waals surface area contributed by atoms with Crippen LogP contribution < -0.4 is 4.74 Å². The highest BCUT2D eigenvalue weighted by Crippen LogP contribution is 2.21. The average Bonchev–Trinajstić information content (AvgIpc) is 2.73. The van der Waals surface area contributed by atoms with Crippen LogP contribution in [0.25, 0.3) is 0 Å². The summed E-state index contributed by atoms with van der Waals surface area (Å²) in [7, 11) is 0. The molecule has 1 fully saturated rings. The van der Waals surface area contributed by atoms with Gasteiger partial charge in [-0.25, -0.2) is 4.39 Å². The first-order chi connectivity index (χ1) is 7.27. The Morgan fingerprint density at radius 2 is 2.40 bits per heavy atom. The third-order valence-corrected chi connectivity index (χ3v) is 2.61. The van der Waals surface area contributed by atoms with E-state index in [-0.39, 0.29) is 11.9 Å². The molecule has 2 nitrogen and oxygen atoms in total. The SMILES string of the molecule is Cc1cccc(OC[C@H]2CCCO2)c1F. The van der Waals surface area contributed by atoms with Crippen LogP contribution in [0.15, 0.2) is 18.2 Å². The molecule has 1 heterocycles. The molecule has 0 amide bonds. The molecule has 0 spiro atoms. The van der Waals surface area contributed by atoms with Gasteiger partial charge in [-0.3, -0.25) is 0 Å². The van der Waals surface area contributed by atoms with E-state index >= 15 is 0 Å². The first kappa shape index (κ1) is 10.4. The lowest BCUT2D eigenvalue weighted by Gasteiger charge is -2.12. The van der Waals surface area contributed by atoms with Crippen molar-refractivity contribution in [1.82, 2.24) is 0 Å². The van der Waals surface area contributed by atoms with Crippen LogP contribution in [0.4, 0.5) is 4.39 Å². The summed E-state index contributed by atoms with van der Waals surface area (Å²) >= 11 is 0. The lowest BCUT2D eigenvalue weighted by molar-refractivity contribution is 0.0665. The molecule has 82 valence electrons. The first-order valence-electron chi connectivity index (χ1n) is 5.27. The minimum absolute atomic E-state index is 0.130. The van der Waals surface area contributed by atoms with E-state index in [1.165, 1.54) is 0 Å². The summed E-state index contributed by atoms with van der Waals surface area (Å²) in [6.07, 6.45) is 2.21. The van der Waals surface area contributed by atoms with Crippen molar-refractivity contribution >= 4 is 0 Å². The molecular formula is C12H15FO2. The van der Waals surface area contributed by atoms with Crippen LogP contribution in [-0.4, -0.2) is 19.3 Å². The number of benzene rings is 1. The Labute approximate surface area is 89.0 Å². The maximum absolute atomic E-state index is 13.5. The molecular weight excluding hydrogens is 195 g/mol. The maximum atomic E-state index is 13.5. The van der Waals surface area contributed by atoms with Crippen LogP contribution >= 0.6 is 0 Å². The van der Waals surface area contributed by atoms with E-state index in [4.69, 9.17) is 9.47 Å². The molecule has 0 radical (unpaired) electrons. The van der Waals surface area contributed by atoms with Crippen molar-refractivity contribution in [2.24, 2.45) is 0 Å². The smallest absolute Gasteiger partial charge is 0.167 e. The standard InChI is InChI=1S/C12H15FO2/c1-9-4-2-6-11(12(9)13)15-8-10-5-3-7-14-10/h2,4,6,10H,3,5,7-8H2,1H3/t10-/m1/s1. The molecule has 0 unspecified atom stereocenters. The van der Waals surface area contributed by atoms with Crippen LogP contribution in [0.1, 0.15) is 18.4 Å². The molecule has 1 atom stereocenters. The second-order valence-corrected chi connectivity index (χ2v) is 3.83. The number of hydrogen-bond acceptors (Lipinski definition) is 2. The van der Waals surface area contributed by atoms with Crippen molar-refractivity contribution in [3.63, 3.8) is 0 Å². The van der Waals surface area contributed by atoms with Crippen molar-refractivity contribution < 1.29 is 13.9 Å². The second kappa shape index (κ2) is 4.62. The van der Waals surface area contributed by atoms with Crippen LogP contribution in [0.2, 0.25) is 0 Å². The highest BCUT2D eigenvalue weighted by molar-refractivity contribution is 5.30. The number of rotatable bonds is 3. The third kappa shape index (κ3) is 2.48. The van der Waals surface area contributed by atoms with Gasteiger partial charge >= 0.3 is 0 Å². The van der Waals surface area contributed by atoms with E-state index in [2.05, 4.69) is 0 Å². The van der Waals surface area contributed by atoms with Crippen LogP contribution in [0, 0.1) is 12.7 Å². The molecule has 3 heteroatoms. The number of aryl methyl sites for hydroxylation is 1. The zero-order chi connectivity index (χ0) is 10.7. The van der Waals surface area contributed by atoms with Gasteiger partial charge in [0.1, 0.15) is 6.61 Å². The zero-order valence-electron chi connectivity index (χ0n) is 8.83. The van der Waals surface area contributed by atoms with Gasteiger partial charge in [-0.2, -0.15) is 0 Å². The zero-order valence-corrected chi connectivity index (χ0v) is 8.83. The Kier molecular flexibility index (Phi) is 3.21. The van der Waals surface area contributed by atoms with Crippen molar-refractivity contribution in [3.8, 4) is 5.75 Å². The van der Waals surface area contributed by atoms with E-state index in [0.717, 1.165) is 19.4 Å². The van der Waals surface area contributed by atoms with E-state index in [1.807, 2.05) is 0 Å². The van der Waals surface area contributed by atoms with Crippen molar-refractivity contribution in [1.29, 1.82) is 0 Å². The van der Waals surface area contributed by atoms with Gasteiger partial charge in [-0.1, -0.05) is 12.1 Å². The maximum Gasteiger partial charge on any atom is 0.167 e. The van der Waals surface area contributed by atoms with Gasteiger partial charge in [0.25, 0.3) is 0 Å². The Morgan fingerprint density at radius 3 is 3.13 bits per heavy atom. The van der Waals surface area contributed by atoms with E-state index in [1.54, 1.807) is 25.1 Å². The Morgan fingerprint density at radius 1 is 1.53 bits per heavy atom. The van der Waals surface area contributed by atoms with Crippen LogP contribution in [0.3, 0.4) is 0 Å². The minimum Gasteiger partial charge on any atom is -0.488 e. The van der Waals surface area contributed by atoms with Crippen molar-refractivity contribution in [3.05, 3.63) is 29.6 Å². The summed E-state index contributed by atoms with van der Waals surface area (Å²) in [6.45, 7) is 2.97. The molecule has 0 saturated carbocycles. The second-order valence-electron chi connectivity index (χ2n) is 3.83. The topological polar surface area (TPSA) is 18.5 Å². The van der Waals surface area contributed by atoms with Gasteiger partial charge < -0.3 is 9.47 Å². The molecule has 15 heavy (non-hydrogen) atoms. The highest BCUT2D eigenvalue weighted by Gasteiger charge is 2.17. The summed E-state index contributed by atoms with van der Waals surface area (Å²) in [6, 6.07) is 5.18. The number of hydrogen-bond donors (Lipinski definition) is 0. The third-order valence-electron chi connectivity index (χ3n) is 2.61. The van der Waals surface area contributed by atoms with Gasteiger partial charge in [-0.15, -0.1) is 0 Å². The quantitative estimate of drug-likeness (QED) is 0.763. The highest BCUT2D eigenvalue weighted by atomic mass is 19.1. The fourth-order valence-electron chi connectivity index (χ4n) is 1.69. The molecule has 0 aliphatic carbocycles. The largest absolute Gasteiger partial charge is 0.488 e. The fourth-order valence-corrected chi connectivity index (χ4v) is 1.69. The molecule has 1 saturated heterocycles. The molecule has 2 rings (SSSR count). The molecule has 1 aromatic rings. The molecule has 0 bridgehead atoms. The number of halogens is 1. The Balaban J connectivity index is 1.95. The summed E-state index contributed by atoms with van der Waals surface area (Å²) < 4.78 is 24.3. The molecule has 0 aromatic heterocycles. The van der Waals surface area contributed by atoms with Gasteiger partial charge in [0.15, 0.2) is 11.6 Å². The van der Waals surface area contributed by atoms with Gasteiger partial charge in [0.05, 0.1) is 6.10 Å². The lowest BCUT2D eigenvalue weighted by Crippen LogP contribution is -2.16. The molecule has 0 N–H and O–H groups in total. The fraction of sp³-hybridized carbons (Fsp3) is 0.500. The van der Waals surface area contributed by atoms with Crippen LogP contribution in [0.5, 0.6) is 5.75 Å². The summed E-state index contributed by atoms with van der Waals surface area (Å²) in [5.41, 5.74) is 0.611.